The number of H-pyrrole nitrogens is 1. The lowest BCUT2D eigenvalue weighted by molar-refractivity contribution is 0.474. The zero-order valence-corrected chi connectivity index (χ0v) is 15.3. The minimum absolute atomic E-state index is 0.255. The maximum absolute atomic E-state index is 14.6. The molecule has 2 heterocycles. The second kappa shape index (κ2) is 6.88. The molecule has 2 nitrogen and oxygen atoms in total. The third-order valence-electron chi connectivity index (χ3n) is 5.59. The monoisotopic (exact) mass is 374 g/mol. The Balaban J connectivity index is 1.55. The van der Waals surface area contributed by atoms with E-state index in [4.69, 9.17) is 0 Å². The SMILES string of the molecule is Fc1ccc(-c2ccc(F)c3[nH]c4c(c23)CNC(Cc2ccccc2)C4)cc1. The summed E-state index contributed by atoms with van der Waals surface area (Å²) < 4.78 is 27.9. The van der Waals surface area contributed by atoms with Crippen molar-refractivity contribution in [2.45, 2.75) is 25.4 Å². The molecule has 1 aliphatic rings. The number of hydrogen-bond acceptors (Lipinski definition) is 1. The molecule has 140 valence electrons. The summed E-state index contributed by atoms with van der Waals surface area (Å²) >= 11 is 0. The average molecular weight is 374 g/mol. The molecule has 0 saturated heterocycles. The van der Waals surface area contributed by atoms with Crippen molar-refractivity contribution < 1.29 is 8.78 Å². The van der Waals surface area contributed by atoms with Crippen LogP contribution in [-0.2, 0) is 19.4 Å². The lowest BCUT2D eigenvalue weighted by atomic mass is 9.93. The molecule has 4 aromatic rings. The zero-order valence-electron chi connectivity index (χ0n) is 15.3. The molecular weight excluding hydrogens is 354 g/mol. The fraction of sp³-hybridized carbons (Fsp3) is 0.167. The quantitative estimate of drug-likeness (QED) is 0.496. The highest BCUT2D eigenvalue weighted by atomic mass is 19.1. The van der Waals surface area contributed by atoms with Gasteiger partial charge in [-0.05, 0) is 46.9 Å². The smallest absolute Gasteiger partial charge is 0.147 e. The van der Waals surface area contributed by atoms with Gasteiger partial charge in [0.15, 0.2) is 0 Å². The van der Waals surface area contributed by atoms with Gasteiger partial charge in [-0.3, -0.25) is 0 Å². The minimum Gasteiger partial charge on any atom is -0.356 e. The molecule has 0 fully saturated rings. The van der Waals surface area contributed by atoms with E-state index in [0.29, 0.717) is 18.1 Å². The lowest BCUT2D eigenvalue weighted by Gasteiger charge is -2.24. The molecule has 1 atom stereocenters. The van der Waals surface area contributed by atoms with Crippen LogP contribution in [-0.4, -0.2) is 11.0 Å². The zero-order chi connectivity index (χ0) is 19.1. The second-order valence-corrected chi connectivity index (χ2v) is 7.41. The van der Waals surface area contributed by atoms with E-state index < -0.39 is 0 Å². The Kier molecular flexibility index (Phi) is 4.21. The van der Waals surface area contributed by atoms with E-state index in [1.54, 1.807) is 18.2 Å². The van der Waals surface area contributed by atoms with Gasteiger partial charge in [-0.2, -0.15) is 0 Å². The van der Waals surface area contributed by atoms with E-state index in [9.17, 15) is 8.78 Å². The van der Waals surface area contributed by atoms with Crippen LogP contribution in [0.25, 0.3) is 22.0 Å². The Labute approximate surface area is 162 Å². The number of fused-ring (bicyclic) bond motifs is 3. The highest BCUT2D eigenvalue weighted by Gasteiger charge is 2.25. The standard InChI is InChI=1S/C24H20F2N2/c25-17-8-6-16(7-9-17)19-10-11-21(26)24-23(19)20-14-27-18(13-22(20)28-24)12-15-4-2-1-3-5-15/h1-11,18,27-28H,12-14H2. The van der Waals surface area contributed by atoms with Crippen molar-refractivity contribution in [2.75, 3.05) is 0 Å². The Morgan fingerprint density at radius 1 is 0.893 bits per heavy atom. The first-order valence-electron chi connectivity index (χ1n) is 9.54. The van der Waals surface area contributed by atoms with Crippen LogP contribution in [0.4, 0.5) is 8.78 Å². The average Bonchev–Trinajstić information content (AvgIpc) is 3.10. The molecule has 0 saturated carbocycles. The molecular formula is C24H20F2N2. The molecule has 1 unspecified atom stereocenters. The first-order chi connectivity index (χ1) is 13.7. The Morgan fingerprint density at radius 3 is 2.46 bits per heavy atom. The Hall–Kier alpha value is -2.98. The van der Waals surface area contributed by atoms with Crippen molar-refractivity contribution in [3.8, 4) is 11.1 Å². The van der Waals surface area contributed by atoms with Gasteiger partial charge in [0.2, 0.25) is 0 Å². The summed E-state index contributed by atoms with van der Waals surface area (Å²) in [5.74, 6) is -0.529. The van der Waals surface area contributed by atoms with Crippen LogP contribution in [0.2, 0.25) is 0 Å². The molecule has 1 aliphatic heterocycles. The van der Waals surface area contributed by atoms with Crippen molar-refractivity contribution in [3.05, 3.63) is 95.2 Å². The van der Waals surface area contributed by atoms with Crippen molar-refractivity contribution in [3.63, 3.8) is 0 Å². The largest absolute Gasteiger partial charge is 0.356 e. The molecule has 1 aromatic heterocycles. The van der Waals surface area contributed by atoms with Crippen molar-refractivity contribution in [2.24, 2.45) is 0 Å². The fourth-order valence-electron chi connectivity index (χ4n) is 4.24. The number of halogens is 2. The summed E-state index contributed by atoms with van der Waals surface area (Å²) in [4.78, 5) is 3.33. The van der Waals surface area contributed by atoms with Gasteiger partial charge in [-0.25, -0.2) is 8.78 Å². The maximum Gasteiger partial charge on any atom is 0.147 e. The predicted octanol–water partition coefficient (Wildman–Crippen LogP) is 5.37. The van der Waals surface area contributed by atoms with Crippen LogP contribution in [0.3, 0.4) is 0 Å². The van der Waals surface area contributed by atoms with Gasteiger partial charge >= 0.3 is 0 Å². The van der Waals surface area contributed by atoms with Gasteiger partial charge in [-0.1, -0.05) is 48.5 Å². The van der Waals surface area contributed by atoms with E-state index in [1.165, 1.54) is 23.8 Å². The number of hydrogen-bond donors (Lipinski definition) is 2. The van der Waals surface area contributed by atoms with Crippen molar-refractivity contribution >= 4 is 10.9 Å². The van der Waals surface area contributed by atoms with Crippen LogP contribution in [0.15, 0.2) is 66.7 Å². The van der Waals surface area contributed by atoms with E-state index in [0.717, 1.165) is 40.6 Å². The summed E-state index contributed by atoms with van der Waals surface area (Å²) in [6, 6.07) is 20.3. The Bertz CT molecular complexity index is 1130. The van der Waals surface area contributed by atoms with Crippen LogP contribution in [0, 0.1) is 11.6 Å². The van der Waals surface area contributed by atoms with Gasteiger partial charge in [0.25, 0.3) is 0 Å². The molecule has 0 spiro atoms. The molecule has 0 amide bonds. The highest BCUT2D eigenvalue weighted by molar-refractivity contribution is 5.99. The van der Waals surface area contributed by atoms with E-state index in [1.807, 2.05) is 6.07 Å². The van der Waals surface area contributed by atoms with E-state index in [2.05, 4.69) is 34.6 Å². The van der Waals surface area contributed by atoms with Gasteiger partial charge in [0.1, 0.15) is 11.6 Å². The first-order valence-corrected chi connectivity index (χ1v) is 9.54. The number of benzene rings is 3. The third kappa shape index (κ3) is 3.00. The van der Waals surface area contributed by atoms with Crippen LogP contribution in [0.5, 0.6) is 0 Å². The summed E-state index contributed by atoms with van der Waals surface area (Å²) in [5.41, 5.74) is 5.84. The lowest BCUT2D eigenvalue weighted by Crippen LogP contribution is -2.37. The number of aromatic nitrogens is 1. The fourth-order valence-corrected chi connectivity index (χ4v) is 4.24. The van der Waals surface area contributed by atoms with Crippen molar-refractivity contribution in [1.29, 1.82) is 0 Å². The molecule has 3 aromatic carbocycles. The van der Waals surface area contributed by atoms with E-state index >= 15 is 0 Å². The molecule has 5 rings (SSSR count). The van der Waals surface area contributed by atoms with Gasteiger partial charge in [0, 0.05) is 30.1 Å². The van der Waals surface area contributed by atoms with Crippen LogP contribution in [0.1, 0.15) is 16.8 Å². The normalized spacial score (nSPS) is 16.3. The van der Waals surface area contributed by atoms with Gasteiger partial charge in [-0.15, -0.1) is 0 Å². The number of rotatable bonds is 3. The second-order valence-electron chi connectivity index (χ2n) is 7.41. The molecule has 0 bridgehead atoms. The Morgan fingerprint density at radius 2 is 1.68 bits per heavy atom. The first kappa shape index (κ1) is 17.1. The summed E-state index contributed by atoms with van der Waals surface area (Å²) in [6.07, 6.45) is 1.75. The van der Waals surface area contributed by atoms with Crippen LogP contribution < -0.4 is 5.32 Å². The third-order valence-corrected chi connectivity index (χ3v) is 5.59. The summed E-state index contributed by atoms with van der Waals surface area (Å²) in [5, 5.41) is 4.50. The maximum atomic E-state index is 14.6. The summed E-state index contributed by atoms with van der Waals surface area (Å²) in [6.45, 7) is 0.685. The number of nitrogens with one attached hydrogen (secondary N) is 2. The molecule has 28 heavy (non-hydrogen) atoms. The summed E-state index contributed by atoms with van der Waals surface area (Å²) in [7, 11) is 0. The topological polar surface area (TPSA) is 27.8 Å². The molecule has 2 N–H and O–H groups in total. The van der Waals surface area contributed by atoms with E-state index in [-0.39, 0.29) is 11.6 Å². The van der Waals surface area contributed by atoms with Gasteiger partial charge < -0.3 is 10.3 Å². The minimum atomic E-state index is -0.274. The number of aromatic amines is 1. The molecule has 0 radical (unpaired) electrons. The van der Waals surface area contributed by atoms with Gasteiger partial charge in [0.05, 0.1) is 5.52 Å². The molecule has 0 aliphatic carbocycles. The van der Waals surface area contributed by atoms with Crippen molar-refractivity contribution in [1.82, 2.24) is 10.3 Å². The predicted molar refractivity (Wildman–Crippen MR) is 108 cm³/mol. The highest BCUT2D eigenvalue weighted by Crippen LogP contribution is 2.36. The molecule has 4 heteroatoms. The van der Waals surface area contributed by atoms with Crippen LogP contribution >= 0.6 is 0 Å².